The van der Waals surface area contributed by atoms with E-state index in [9.17, 15) is 13.2 Å². The number of hydrogen-bond donors (Lipinski definition) is 0. The summed E-state index contributed by atoms with van der Waals surface area (Å²) in [5.74, 6) is 1.72. The number of carbonyl (C=O) groups is 1. The lowest BCUT2D eigenvalue weighted by Crippen LogP contribution is -2.51. The normalized spacial score (nSPS) is 16.1. The van der Waals surface area contributed by atoms with Crippen LogP contribution in [-0.4, -0.2) is 81.1 Å². The molecule has 11 heteroatoms. The first kappa shape index (κ1) is 25.6. The van der Waals surface area contributed by atoms with E-state index in [-0.39, 0.29) is 35.7 Å². The van der Waals surface area contributed by atoms with Crippen molar-refractivity contribution in [3.05, 3.63) is 47.0 Å². The molecule has 0 saturated carbocycles. The quantitative estimate of drug-likeness (QED) is 0.499. The minimum absolute atomic E-state index is 0.0362. The van der Waals surface area contributed by atoms with Gasteiger partial charge >= 0.3 is 0 Å². The zero-order valence-electron chi connectivity index (χ0n) is 19.9. The SMILES string of the molecule is CCOc1ccc(S(=O)(=O)N(CC)CC(=O)N2CCN(Cc3ccc4c(c3)OCO4)CC2)cc1Cl. The molecule has 9 nitrogen and oxygen atoms in total. The second-order valence-corrected chi connectivity index (χ2v) is 10.6. The standard InChI is InChI=1S/C24H30ClN3O6S/c1-3-28(35(30,31)19-6-8-21(32-4-2)20(25)14-19)16-24(29)27-11-9-26(10-12-27)15-18-5-7-22-23(13-18)34-17-33-22/h5-8,13-14H,3-4,9-12,15-17H2,1-2H3. The van der Waals surface area contributed by atoms with E-state index in [0.29, 0.717) is 38.5 Å². The lowest BCUT2D eigenvalue weighted by atomic mass is 10.1. The Hall–Kier alpha value is -2.53. The van der Waals surface area contributed by atoms with Crippen molar-refractivity contribution in [2.75, 3.05) is 52.7 Å². The van der Waals surface area contributed by atoms with Crippen molar-refractivity contribution in [1.82, 2.24) is 14.1 Å². The van der Waals surface area contributed by atoms with Crippen LogP contribution in [0.3, 0.4) is 0 Å². The Bertz CT molecular complexity index is 1170. The van der Waals surface area contributed by atoms with Crippen LogP contribution in [0.1, 0.15) is 19.4 Å². The van der Waals surface area contributed by atoms with Gasteiger partial charge in [-0.3, -0.25) is 9.69 Å². The lowest BCUT2D eigenvalue weighted by molar-refractivity contribution is -0.133. The van der Waals surface area contributed by atoms with Crippen molar-refractivity contribution in [2.45, 2.75) is 25.3 Å². The third-order valence-corrected chi connectivity index (χ3v) is 8.29. The molecule has 35 heavy (non-hydrogen) atoms. The van der Waals surface area contributed by atoms with Crippen molar-refractivity contribution in [3.63, 3.8) is 0 Å². The molecule has 2 aromatic rings. The van der Waals surface area contributed by atoms with Gasteiger partial charge in [-0.15, -0.1) is 0 Å². The summed E-state index contributed by atoms with van der Waals surface area (Å²) in [7, 11) is -3.88. The van der Waals surface area contributed by atoms with Gasteiger partial charge in [-0.25, -0.2) is 8.42 Å². The summed E-state index contributed by atoms with van der Waals surface area (Å²) in [6.07, 6.45) is 0. The molecule has 0 unspecified atom stereocenters. The van der Waals surface area contributed by atoms with Gasteiger partial charge in [0.2, 0.25) is 22.7 Å². The van der Waals surface area contributed by atoms with E-state index in [1.807, 2.05) is 25.1 Å². The van der Waals surface area contributed by atoms with E-state index in [2.05, 4.69) is 4.90 Å². The number of nitrogens with zero attached hydrogens (tertiary/aromatic N) is 3. The predicted octanol–water partition coefficient (Wildman–Crippen LogP) is 2.82. The summed E-state index contributed by atoms with van der Waals surface area (Å²) in [5.41, 5.74) is 1.12. The number of ether oxygens (including phenoxy) is 3. The van der Waals surface area contributed by atoms with Gasteiger partial charge in [0.25, 0.3) is 0 Å². The van der Waals surface area contributed by atoms with Crippen molar-refractivity contribution in [1.29, 1.82) is 0 Å². The number of carbonyl (C=O) groups excluding carboxylic acids is 1. The van der Waals surface area contributed by atoms with Gasteiger partial charge in [0.15, 0.2) is 11.5 Å². The Morgan fingerprint density at radius 1 is 1.06 bits per heavy atom. The monoisotopic (exact) mass is 523 g/mol. The van der Waals surface area contributed by atoms with Crippen LogP contribution in [0.15, 0.2) is 41.3 Å². The summed E-state index contributed by atoms with van der Waals surface area (Å²) in [5, 5.41) is 0.217. The molecule has 1 saturated heterocycles. The van der Waals surface area contributed by atoms with Crippen LogP contribution in [0.4, 0.5) is 0 Å². The Morgan fingerprint density at radius 3 is 2.49 bits per heavy atom. The Labute approximate surface area is 211 Å². The second-order valence-electron chi connectivity index (χ2n) is 8.30. The first-order valence-corrected chi connectivity index (χ1v) is 13.4. The molecule has 190 valence electrons. The lowest BCUT2D eigenvalue weighted by Gasteiger charge is -2.35. The van der Waals surface area contributed by atoms with E-state index in [1.165, 1.54) is 22.5 Å². The number of piperazine rings is 1. The van der Waals surface area contributed by atoms with Crippen LogP contribution in [0.5, 0.6) is 17.2 Å². The summed E-state index contributed by atoms with van der Waals surface area (Å²) in [4.78, 5) is 17.0. The highest BCUT2D eigenvalue weighted by atomic mass is 35.5. The molecule has 2 aromatic carbocycles. The summed E-state index contributed by atoms with van der Waals surface area (Å²) in [6, 6.07) is 10.3. The average Bonchev–Trinajstić information content (AvgIpc) is 3.32. The van der Waals surface area contributed by atoms with Gasteiger partial charge in [0.05, 0.1) is 23.1 Å². The number of rotatable bonds is 9. The molecular weight excluding hydrogens is 494 g/mol. The van der Waals surface area contributed by atoms with Crippen LogP contribution >= 0.6 is 11.6 Å². The predicted molar refractivity (Wildman–Crippen MR) is 131 cm³/mol. The molecule has 1 amide bonds. The van der Waals surface area contributed by atoms with Crippen LogP contribution in [-0.2, 0) is 21.4 Å². The highest BCUT2D eigenvalue weighted by molar-refractivity contribution is 7.89. The highest BCUT2D eigenvalue weighted by Gasteiger charge is 2.29. The van der Waals surface area contributed by atoms with Gasteiger partial charge < -0.3 is 19.1 Å². The van der Waals surface area contributed by atoms with Crippen molar-refractivity contribution >= 4 is 27.5 Å². The number of hydrogen-bond acceptors (Lipinski definition) is 7. The van der Waals surface area contributed by atoms with Crippen molar-refractivity contribution in [3.8, 4) is 17.2 Å². The molecular formula is C24H30ClN3O6S. The highest BCUT2D eigenvalue weighted by Crippen LogP contribution is 2.33. The molecule has 0 radical (unpaired) electrons. The van der Waals surface area contributed by atoms with E-state index in [4.69, 9.17) is 25.8 Å². The fourth-order valence-corrected chi connectivity index (χ4v) is 5.86. The molecule has 2 heterocycles. The van der Waals surface area contributed by atoms with E-state index >= 15 is 0 Å². The van der Waals surface area contributed by atoms with Crippen LogP contribution in [0.2, 0.25) is 5.02 Å². The summed E-state index contributed by atoms with van der Waals surface area (Å²) < 4.78 is 43.7. The fraction of sp³-hybridized carbons (Fsp3) is 0.458. The molecule has 1 fully saturated rings. The van der Waals surface area contributed by atoms with Gasteiger partial charge in [-0.05, 0) is 42.8 Å². The van der Waals surface area contributed by atoms with E-state index in [0.717, 1.165) is 23.6 Å². The van der Waals surface area contributed by atoms with Crippen molar-refractivity contribution < 1.29 is 27.4 Å². The number of benzene rings is 2. The van der Waals surface area contributed by atoms with Crippen LogP contribution in [0, 0.1) is 0 Å². The topological polar surface area (TPSA) is 88.6 Å². The molecule has 4 rings (SSSR count). The van der Waals surface area contributed by atoms with Crippen LogP contribution in [0.25, 0.3) is 0 Å². The van der Waals surface area contributed by atoms with Crippen molar-refractivity contribution in [2.24, 2.45) is 0 Å². The Morgan fingerprint density at radius 2 is 1.80 bits per heavy atom. The largest absolute Gasteiger partial charge is 0.492 e. The maximum atomic E-state index is 13.2. The van der Waals surface area contributed by atoms with Gasteiger partial charge in [-0.1, -0.05) is 24.6 Å². The number of amides is 1. The number of likely N-dealkylation sites (N-methyl/N-ethyl adjacent to an activating group) is 1. The minimum Gasteiger partial charge on any atom is -0.492 e. The fourth-order valence-electron chi connectivity index (χ4n) is 4.13. The summed E-state index contributed by atoms with van der Waals surface area (Å²) in [6.45, 7) is 7.38. The minimum atomic E-state index is -3.88. The Balaban J connectivity index is 1.33. The maximum Gasteiger partial charge on any atom is 0.243 e. The molecule has 0 atom stereocenters. The smallest absolute Gasteiger partial charge is 0.243 e. The maximum absolute atomic E-state index is 13.2. The zero-order chi connectivity index (χ0) is 25.0. The molecule has 0 aliphatic carbocycles. The van der Waals surface area contributed by atoms with Gasteiger partial charge in [-0.2, -0.15) is 4.31 Å². The molecule has 2 aliphatic rings. The van der Waals surface area contributed by atoms with Gasteiger partial charge in [0, 0.05) is 39.3 Å². The number of fused-ring (bicyclic) bond motifs is 1. The number of sulfonamides is 1. The first-order chi connectivity index (χ1) is 16.8. The third-order valence-electron chi connectivity index (χ3n) is 6.07. The number of halogens is 1. The van der Waals surface area contributed by atoms with Crippen LogP contribution < -0.4 is 14.2 Å². The van der Waals surface area contributed by atoms with E-state index < -0.39 is 10.0 Å². The molecule has 0 aromatic heterocycles. The second kappa shape index (κ2) is 11.0. The molecule has 0 N–H and O–H groups in total. The third kappa shape index (κ3) is 5.83. The van der Waals surface area contributed by atoms with E-state index in [1.54, 1.807) is 11.8 Å². The van der Waals surface area contributed by atoms with Gasteiger partial charge in [0.1, 0.15) is 5.75 Å². The molecule has 0 bridgehead atoms. The molecule has 2 aliphatic heterocycles. The first-order valence-electron chi connectivity index (χ1n) is 11.6. The summed E-state index contributed by atoms with van der Waals surface area (Å²) >= 11 is 6.19. The zero-order valence-corrected chi connectivity index (χ0v) is 21.5. The Kier molecular flexibility index (Phi) is 8.05. The molecule has 0 spiro atoms. The average molecular weight is 524 g/mol.